The fourth-order valence-corrected chi connectivity index (χ4v) is 3.63. The number of halogens is 1. The highest BCUT2D eigenvalue weighted by molar-refractivity contribution is 7.99. The maximum atomic E-state index is 12.2. The number of hydrogen-bond donors (Lipinski definition) is 1. The van der Waals surface area contributed by atoms with Crippen LogP contribution in [0, 0.1) is 6.92 Å². The Balaban J connectivity index is 1.44. The van der Waals surface area contributed by atoms with Gasteiger partial charge in [-0.15, -0.1) is 10.2 Å². The quantitative estimate of drug-likeness (QED) is 0.471. The number of rotatable bonds is 5. The molecule has 0 spiro atoms. The van der Waals surface area contributed by atoms with Crippen LogP contribution in [0.25, 0.3) is 22.6 Å². The van der Waals surface area contributed by atoms with E-state index in [-0.39, 0.29) is 11.7 Å². The van der Waals surface area contributed by atoms with Gasteiger partial charge in [-0.25, -0.2) is 0 Å². The first-order valence-electron chi connectivity index (χ1n) is 8.58. The van der Waals surface area contributed by atoms with Crippen LogP contribution in [0.5, 0.6) is 0 Å². The Bertz CT molecular complexity index is 1140. The smallest absolute Gasteiger partial charge is 0.234 e. The first-order valence-corrected chi connectivity index (χ1v) is 9.95. The second-order valence-corrected chi connectivity index (χ2v) is 7.66. The zero-order chi connectivity index (χ0) is 19.7. The third kappa shape index (κ3) is 3.76. The van der Waals surface area contributed by atoms with Crippen molar-refractivity contribution >= 4 is 45.9 Å². The molecule has 4 rings (SSSR count). The van der Waals surface area contributed by atoms with Gasteiger partial charge in [0.15, 0.2) is 16.7 Å². The van der Waals surface area contributed by atoms with Gasteiger partial charge in [-0.2, -0.15) is 0 Å². The number of fused-ring (bicyclic) bond motifs is 1. The van der Waals surface area contributed by atoms with Crippen molar-refractivity contribution in [3.8, 4) is 11.6 Å². The first-order chi connectivity index (χ1) is 13.5. The van der Waals surface area contributed by atoms with Crippen molar-refractivity contribution in [3.63, 3.8) is 0 Å². The molecule has 0 saturated carbocycles. The number of nitrogens with zero attached hydrogens (tertiary/aromatic N) is 3. The number of anilines is 1. The highest BCUT2D eigenvalue weighted by atomic mass is 35.5. The highest BCUT2D eigenvalue weighted by Crippen LogP contribution is 2.28. The summed E-state index contributed by atoms with van der Waals surface area (Å²) in [5.41, 5.74) is 2.43. The minimum atomic E-state index is -0.125. The molecule has 28 heavy (non-hydrogen) atoms. The van der Waals surface area contributed by atoms with E-state index in [9.17, 15) is 4.79 Å². The third-order valence-corrected chi connectivity index (χ3v) is 5.70. The number of amides is 1. The van der Waals surface area contributed by atoms with Crippen molar-refractivity contribution in [2.24, 2.45) is 7.05 Å². The van der Waals surface area contributed by atoms with Gasteiger partial charge in [0.05, 0.1) is 5.75 Å². The molecule has 0 atom stereocenters. The van der Waals surface area contributed by atoms with E-state index in [1.165, 1.54) is 11.8 Å². The monoisotopic (exact) mass is 412 g/mol. The average molecular weight is 413 g/mol. The van der Waals surface area contributed by atoms with E-state index >= 15 is 0 Å². The molecule has 0 fully saturated rings. The van der Waals surface area contributed by atoms with Crippen LogP contribution >= 0.6 is 23.4 Å². The fraction of sp³-hybridized carbons (Fsp3) is 0.150. The summed E-state index contributed by atoms with van der Waals surface area (Å²) in [5, 5.41) is 13.6. The molecule has 0 saturated heterocycles. The summed E-state index contributed by atoms with van der Waals surface area (Å²) in [6.07, 6.45) is 0. The van der Waals surface area contributed by atoms with E-state index in [1.807, 2.05) is 54.9 Å². The third-order valence-electron chi connectivity index (χ3n) is 4.25. The number of aromatic nitrogens is 3. The number of nitrogens with one attached hydrogen (secondary N) is 1. The second kappa shape index (κ2) is 7.69. The van der Waals surface area contributed by atoms with Gasteiger partial charge < -0.3 is 14.3 Å². The number of carbonyl (C=O) groups excluding carboxylic acids is 1. The Morgan fingerprint density at radius 2 is 2.04 bits per heavy atom. The first kappa shape index (κ1) is 18.6. The number of thioether (sulfide) groups is 1. The molecule has 2 aromatic carbocycles. The minimum absolute atomic E-state index is 0.125. The SMILES string of the molecule is Cc1cc(NC(=O)CSc2nnc(-c3cc4ccccc4o3)n2C)ccc1Cl. The van der Waals surface area contributed by atoms with E-state index in [2.05, 4.69) is 15.5 Å². The largest absolute Gasteiger partial charge is 0.453 e. The molecule has 6 nitrogen and oxygen atoms in total. The molecule has 0 unspecified atom stereocenters. The van der Waals surface area contributed by atoms with Gasteiger partial charge in [-0.05, 0) is 42.8 Å². The number of hydrogen-bond acceptors (Lipinski definition) is 5. The molecule has 1 N–H and O–H groups in total. The summed E-state index contributed by atoms with van der Waals surface area (Å²) in [7, 11) is 1.85. The Labute approximate surface area is 170 Å². The van der Waals surface area contributed by atoms with Gasteiger partial charge in [-0.1, -0.05) is 41.6 Å². The Hall–Kier alpha value is -2.77. The zero-order valence-electron chi connectivity index (χ0n) is 15.3. The number of para-hydroxylation sites is 1. The van der Waals surface area contributed by atoms with Crippen molar-refractivity contribution in [1.29, 1.82) is 0 Å². The fourth-order valence-electron chi connectivity index (χ4n) is 2.80. The maximum Gasteiger partial charge on any atom is 0.234 e. The van der Waals surface area contributed by atoms with Crippen LogP contribution in [0.4, 0.5) is 5.69 Å². The molecule has 2 heterocycles. The molecule has 0 aliphatic heterocycles. The van der Waals surface area contributed by atoms with Gasteiger partial charge in [0.1, 0.15) is 5.58 Å². The Kier molecular flexibility index (Phi) is 5.11. The van der Waals surface area contributed by atoms with Crippen LogP contribution in [0.3, 0.4) is 0 Å². The van der Waals surface area contributed by atoms with E-state index in [0.29, 0.717) is 27.5 Å². The molecule has 0 aliphatic rings. The lowest BCUT2D eigenvalue weighted by Crippen LogP contribution is -2.14. The standard InChI is InChI=1S/C20H17ClN4O2S/c1-12-9-14(7-8-15(12)21)22-18(26)11-28-20-24-23-19(25(20)2)17-10-13-5-3-4-6-16(13)27-17/h3-10H,11H2,1-2H3,(H,22,26). The highest BCUT2D eigenvalue weighted by Gasteiger charge is 2.16. The maximum absolute atomic E-state index is 12.2. The molecule has 1 amide bonds. The van der Waals surface area contributed by atoms with Gasteiger partial charge in [-0.3, -0.25) is 4.79 Å². The van der Waals surface area contributed by atoms with E-state index < -0.39 is 0 Å². The van der Waals surface area contributed by atoms with Crippen molar-refractivity contribution < 1.29 is 9.21 Å². The summed E-state index contributed by atoms with van der Waals surface area (Å²) in [6.45, 7) is 1.89. The van der Waals surface area contributed by atoms with Gasteiger partial charge >= 0.3 is 0 Å². The van der Waals surface area contributed by atoms with Crippen LogP contribution in [0.1, 0.15) is 5.56 Å². The lowest BCUT2D eigenvalue weighted by Gasteiger charge is -2.07. The zero-order valence-corrected chi connectivity index (χ0v) is 16.8. The summed E-state index contributed by atoms with van der Waals surface area (Å²) in [4.78, 5) is 12.2. The average Bonchev–Trinajstić information content (AvgIpc) is 3.26. The molecule has 142 valence electrons. The number of aryl methyl sites for hydroxylation is 1. The summed E-state index contributed by atoms with van der Waals surface area (Å²) < 4.78 is 7.67. The molecule has 0 aliphatic carbocycles. The lowest BCUT2D eigenvalue weighted by atomic mass is 10.2. The van der Waals surface area contributed by atoms with Crippen molar-refractivity contribution in [3.05, 3.63) is 59.1 Å². The number of carbonyl (C=O) groups is 1. The van der Waals surface area contributed by atoms with Gasteiger partial charge in [0.2, 0.25) is 5.91 Å². The van der Waals surface area contributed by atoms with Crippen molar-refractivity contribution in [1.82, 2.24) is 14.8 Å². The normalized spacial score (nSPS) is 11.1. The molecule has 8 heteroatoms. The molecular formula is C20H17ClN4O2S. The molecule has 0 radical (unpaired) electrons. The topological polar surface area (TPSA) is 73.0 Å². The minimum Gasteiger partial charge on any atom is -0.453 e. The van der Waals surface area contributed by atoms with Crippen LogP contribution in [-0.2, 0) is 11.8 Å². The summed E-state index contributed by atoms with van der Waals surface area (Å²) >= 11 is 7.33. The predicted octanol–water partition coefficient (Wildman–Crippen LogP) is 4.92. The number of benzene rings is 2. The molecule has 0 bridgehead atoms. The van der Waals surface area contributed by atoms with Crippen LogP contribution in [-0.4, -0.2) is 26.4 Å². The summed E-state index contributed by atoms with van der Waals surface area (Å²) in [5.74, 6) is 1.35. The van der Waals surface area contributed by atoms with Gasteiger partial charge in [0, 0.05) is 23.1 Å². The molecule has 4 aromatic rings. The predicted molar refractivity (Wildman–Crippen MR) is 112 cm³/mol. The van der Waals surface area contributed by atoms with E-state index in [1.54, 1.807) is 12.1 Å². The van der Waals surface area contributed by atoms with Crippen molar-refractivity contribution in [2.45, 2.75) is 12.1 Å². The van der Waals surface area contributed by atoms with Crippen LogP contribution in [0.2, 0.25) is 5.02 Å². The van der Waals surface area contributed by atoms with E-state index in [4.69, 9.17) is 16.0 Å². The second-order valence-electron chi connectivity index (χ2n) is 6.31. The molecular weight excluding hydrogens is 396 g/mol. The van der Waals surface area contributed by atoms with Gasteiger partial charge in [0.25, 0.3) is 0 Å². The number of furan rings is 1. The van der Waals surface area contributed by atoms with Crippen molar-refractivity contribution in [2.75, 3.05) is 11.1 Å². The Morgan fingerprint density at radius 3 is 2.82 bits per heavy atom. The molecule has 2 aromatic heterocycles. The Morgan fingerprint density at radius 1 is 1.21 bits per heavy atom. The van der Waals surface area contributed by atoms with Crippen LogP contribution < -0.4 is 5.32 Å². The lowest BCUT2D eigenvalue weighted by molar-refractivity contribution is -0.113. The van der Waals surface area contributed by atoms with E-state index in [0.717, 1.165) is 16.5 Å². The van der Waals surface area contributed by atoms with Crippen LogP contribution in [0.15, 0.2) is 58.1 Å². The summed E-state index contributed by atoms with van der Waals surface area (Å²) in [6, 6.07) is 15.1.